The van der Waals surface area contributed by atoms with E-state index < -0.39 is 0 Å². The van der Waals surface area contributed by atoms with Crippen LogP contribution in [0.1, 0.15) is 51.9 Å². The summed E-state index contributed by atoms with van der Waals surface area (Å²) < 4.78 is 0. The standard InChI is InChI=1S/C14H29N3S/c1-4-5-6-7-10-16-14(15-2)17-12-8-9-13(11-12)18-3/h12-13H,4-11H2,1-3H3,(H2,15,16,17). The van der Waals surface area contributed by atoms with E-state index in [1.165, 1.54) is 44.9 Å². The quantitative estimate of drug-likeness (QED) is 0.424. The molecular formula is C14H29N3S. The largest absolute Gasteiger partial charge is 0.356 e. The van der Waals surface area contributed by atoms with Crippen LogP contribution in [0.5, 0.6) is 0 Å². The minimum atomic E-state index is 0.615. The Labute approximate surface area is 117 Å². The molecule has 1 saturated carbocycles. The molecule has 0 aromatic rings. The van der Waals surface area contributed by atoms with Crippen molar-refractivity contribution in [2.75, 3.05) is 19.8 Å². The Morgan fingerprint density at radius 1 is 1.28 bits per heavy atom. The van der Waals surface area contributed by atoms with Gasteiger partial charge >= 0.3 is 0 Å². The van der Waals surface area contributed by atoms with Crippen molar-refractivity contribution >= 4 is 17.7 Å². The summed E-state index contributed by atoms with van der Waals surface area (Å²) in [4.78, 5) is 4.31. The van der Waals surface area contributed by atoms with E-state index >= 15 is 0 Å². The highest BCUT2D eigenvalue weighted by Crippen LogP contribution is 2.27. The van der Waals surface area contributed by atoms with Gasteiger partial charge in [-0.1, -0.05) is 26.2 Å². The lowest BCUT2D eigenvalue weighted by Gasteiger charge is -2.17. The zero-order valence-corrected chi connectivity index (χ0v) is 13.0. The first-order valence-electron chi connectivity index (χ1n) is 7.30. The predicted molar refractivity (Wildman–Crippen MR) is 83.6 cm³/mol. The van der Waals surface area contributed by atoms with Crippen molar-refractivity contribution in [2.45, 2.75) is 63.2 Å². The molecule has 0 aromatic carbocycles. The van der Waals surface area contributed by atoms with Crippen molar-refractivity contribution in [3.8, 4) is 0 Å². The summed E-state index contributed by atoms with van der Waals surface area (Å²) in [6.45, 7) is 3.29. The number of nitrogens with one attached hydrogen (secondary N) is 2. The van der Waals surface area contributed by atoms with Gasteiger partial charge in [0.1, 0.15) is 0 Å². The van der Waals surface area contributed by atoms with Crippen LogP contribution in [-0.4, -0.2) is 37.1 Å². The molecule has 0 radical (unpaired) electrons. The third-order valence-electron chi connectivity index (χ3n) is 3.61. The highest BCUT2D eigenvalue weighted by atomic mass is 32.2. The second-order valence-electron chi connectivity index (χ2n) is 5.07. The Hall–Kier alpha value is -0.380. The molecule has 0 amide bonds. The molecule has 4 heteroatoms. The van der Waals surface area contributed by atoms with E-state index in [0.29, 0.717) is 6.04 Å². The highest BCUT2D eigenvalue weighted by Gasteiger charge is 2.24. The average molecular weight is 271 g/mol. The Balaban J connectivity index is 2.14. The monoisotopic (exact) mass is 271 g/mol. The fraction of sp³-hybridized carbons (Fsp3) is 0.929. The molecule has 18 heavy (non-hydrogen) atoms. The topological polar surface area (TPSA) is 36.4 Å². The fourth-order valence-electron chi connectivity index (χ4n) is 2.43. The average Bonchev–Trinajstić information content (AvgIpc) is 2.84. The molecule has 1 aliphatic rings. The maximum Gasteiger partial charge on any atom is 0.191 e. The molecule has 2 unspecified atom stereocenters. The van der Waals surface area contributed by atoms with Gasteiger partial charge < -0.3 is 10.6 Å². The van der Waals surface area contributed by atoms with Gasteiger partial charge in [0.2, 0.25) is 0 Å². The van der Waals surface area contributed by atoms with Crippen molar-refractivity contribution < 1.29 is 0 Å². The lowest BCUT2D eigenvalue weighted by Crippen LogP contribution is -2.42. The van der Waals surface area contributed by atoms with E-state index in [4.69, 9.17) is 0 Å². The van der Waals surface area contributed by atoms with Crippen molar-refractivity contribution in [2.24, 2.45) is 4.99 Å². The second-order valence-corrected chi connectivity index (χ2v) is 6.21. The molecule has 106 valence electrons. The molecule has 0 saturated heterocycles. The minimum absolute atomic E-state index is 0.615. The van der Waals surface area contributed by atoms with Gasteiger partial charge in [-0.05, 0) is 31.9 Å². The Morgan fingerprint density at radius 2 is 2.11 bits per heavy atom. The molecule has 0 aliphatic heterocycles. The summed E-state index contributed by atoms with van der Waals surface area (Å²) in [6, 6.07) is 0.615. The summed E-state index contributed by atoms with van der Waals surface area (Å²) >= 11 is 2.00. The third kappa shape index (κ3) is 5.98. The Kier molecular flexibility index (Phi) is 8.31. The lowest BCUT2D eigenvalue weighted by atomic mass is 10.2. The molecule has 0 bridgehead atoms. The molecule has 0 heterocycles. The van der Waals surface area contributed by atoms with Crippen LogP contribution in [-0.2, 0) is 0 Å². The van der Waals surface area contributed by atoms with Crippen LogP contribution >= 0.6 is 11.8 Å². The number of rotatable bonds is 7. The minimum Gasteiger partial charge on any atom is -0.356 e. The predicted octanol–water partition coefficient (Wildman–Crippen LogP) is 3.02. The van der Waals surface area contributed by atoms with E-state index in [2.05, 4.69) is 28.8 Å². The first-order chi connectivity index (χ1) is 8.80. The zero-order chi connectivity index (χ0) is 13.2. The van der Waals surface area contributed by atoms with Gasteiger partial charge in [0.25, 0.3) is 0 Å². The maximum atomic E-state index is 4.31. The van der Waals surface area contributed by atoms with Crippen LogP contribution in [0, 0.1) is 0 Å². The summed E-state index contributed by atoms with van der Waals surface area (Å²) in [5, 5.41) is 7.80. The van der Waals surface area contributed by atoms with E-state index in [-0.39, 0.29) is 0 Å². The first kappa shape index (κ1) is 15.7. The highest BCUT2D eigenvalue weighted by molar-refractivity contribution is 7.99. The van der Waals surface area contributed by atoms with Crippen LogP contribution in [0.3, 0.4) is 0 Å². The zero-order valence-electron chi connectivity index (χ0n) is 12.2. The van der Waals surface area contributed by atoms with Gasteiger partial charge in [-0.15, -0.1) is 0 Å². The van der Waals surface area contributed by atoms with Gasteiger partial charge in [-0.2, -0.15) is 11.8 Å². The lowest BCUT2D eigenvalue weighted by molar-refractivity contribution is 0.602. The molecule has 0 spiro atoms. The number of guanidine groups is 1. The number of aliphatic imine (C=N–C) groups is 1. The van der Waals surface area contributed by atoms with E-state index in [1.807, 2.05) is 18.8 Å². The van der Waals surface area contributed by atoms with Crippen molar-refractivity contribution in [3.05, 3.63) is 0 Å². The summed E-state index contributed by atoms with van der Waals surface area (Å²) in [6.07, 6.45) is 11.3. The SMILES string of the molecule is CCCCCCNC(=NC)NC1CCC(SC)C1. The molecule has 1 rings (SSSR count). The number of unbranched alkanes of at least 4 members (excludes halogenated alkanes) is 3. The molecule has 1 fully saturated rings. The number of hydrogen-bond donors (Lipinski definition) is 2. The normalized spacial score (nSPS) is 24.3. The van der Waals surface area contributed by atoms with E-state index in [0.717, 1.165) is 17.8 Å². The van der Waals surface area contributed by atoms with Gasteiger partial charge in [0.15, 0.2) is 5.96 Å². The van der Waals surface area contributed by atoms with Crippen molar-refractivity contribution in [3.63, 3.8) is 0 Å². The van der Waals surface area contributed by atoms with Crippen molar-refractivity contribution in [1.82, 2.24) is 10.6 Å². The van der Waals surface area contributed by atoms with Gasteiger partial charge in [0.05, 0.1) is 0 Å². The summed E-state index contributed by atoms with van der Waals surface area (Å²) in [5.74, 6) is 0.984. The molecule has 2 N–H and O–H groups in total. The second kappa shape index (κ2) is 9.54. The van der Waals surface area contributed by atoms with E-state index in [1.54, 1.807) is 0 Å². The van der Waals surface area contributed by atoms with Crippen LogP contribution in [0.15, 0.2) is 4.99 Å². The van der Waals surface area contributed by atoms with Crippen LogP contribution in [0.2, 0.25) is 0 Å². The third-order valence-corrected chi connectivity index (χ3v) is 4.70. The molecular weight excluding hydrogens is 242 g/mol. The maximum absolute atomic E-state index is 4.31. The summed E-state index contributed by atoms with van der Waals surface area (Å²) in [5.41, 5.74) is 0. The van der Waals surface area contributed by atoms with Gasteiger partial charge in [0, 0.05) is 24.9 Å². The van der Waals surface area contributed by atoms with Crippen LogP contribution in [0.4, 0.5) is 0 Å². The van der Waals surface area contributed by atoms with Gasteiger partial charge in [-0.25, -0.2) is 0 Å². The fourth-order valence-corrected chi connectivity index (χ4v) is 3.23. The van der Waals surface area contributed by atoms with Gasteiger partial charge in [-0.3, -0.25) is 4.99 Å². The first-order valence-corrected chi connectivity index (χ1v) is 8.59. The Bertz CT molecular complexity index is 243. The van der Waals surface area contributed by atoms with Crippen LogP contribution < -0.4 is 10.6 Å². The smallest absolute Gasteiger partial charge is 0.191 e. The summed E-state index contributed by atoms with van der Waals surface area (Å²) in [7, 11) is 1.86. The molecule has 1 aliphatic carbocycles. The van der Waals surface area contributed by atoms with Crippen molar-refractivity contribution in [1.29, 1.82) is 0 Å². The molecule has 3 nitrogen and oxygen atoms in total. The number of thioether (sulfide) groups is 1. The molecule has 2 atom stereocenters. The molecule has 0 aromatic heterocycles. The van der Waals surface area contributed by atoms with E-state index in [9.17, 15) is 0 Å². The number of hydrogen-bond acceptors (Lipinski definition) is 2. The van der Waals surface area contributed by atoms with Crippen LogP contribution in [0.25, 0.3) is 0 Å². The Morgan fingerprint density at radius 3 is 2.72 bits per heavy atom. The number of nitrogens with zero attached hydrogens (tertiary/aromatic N) is 1.